The summed E-state index contributed by atoms with van der Waals surface area (Å²) in [5.41, 5.74) is 11.5. The zero-order valence-electron chi connectivity index (χ0n) is 21.3. The largest absolute Gasteiger partial charge is 0.0798 e. The van der Waals surface area contributed by atoms with Crippen LogP contribution in [0.5, 0.6) is 0 Å². The Morgan fingerprint density at radius 2 is 0.875 bits per heavy atom. The number of hydrogen-bond donors (Lipinski definition) is 0. The van der Waals surface area contributed by atoms with Gasteiger partial charge in [0.25, 0.3) is 0 Å². The molecule has 32 heavy (non-hydrogen) atoms. The van der Waals surface area contributed by atoms with E-state index in [2.05, 4.69) is 84.9 Å². The monoisotopic (exact) mass is 424 g/mol. The molecule has 0 bridgehead atoms. The first-order valence-electron chi connectivity index (χ1n) is 12.6. The predicted molar refractivity (Wildman–Crippen MR) is 144 cm³/mol. The Balaban J connectivity index is 0.000000413. The molecule has 0 amide bonds. The summed E-state index contributed by atoms with van der Waals surface area (Å²) in [5, 5.41) is 0. The van der Waals surface area contributed by atoms with Gasteiger partial charge in [-0.1, -0.05) is 140 Å². The minimum atomic E-state index is -0.0946. The van der Waals surface area contributed by atoms with Gasteiger partial charge in [0.1, 0.15) is 0 Å². The molecule has 0 radical (unpaired) electrons. The van der Waals surface area contributed by atoms with Gasteiger partial charge in [0.15, 0.2) is 0 Å². The summed E-state index contributed by atoms with van der Waals surface area (Å²) in [6, 6.07) is 26.9. The Kier molecular flexibility index (Phi) is 9.27. The average molecular weight is 425 g/mol. The van der Waals surface area contributed by atoms with Gasteiger partial charge in [-0.25, -0.2) is 0 Å². The van der Waals surface area contributed by atoms with Crippen LogP contribution in [0, 0.1) is 0 Å². The Labute approximate surface area is 196 Å². The summed E-state index contributed by atoms with van der Waals surface area (Å²) in [5.74, 6) is 0. The van der Waals surface area contributed by atoms with Crippen molar-refractivity contribution in [2.24, 2.45) is 0 Å². The van der Waals surface area contributed by atoms with Gasteiger partial charge in [-0.2, -0.15) is 0 Å². The van der Waals surface area contributed by atoms with E-state index in [9.17, 15) is 0 Å². The zero-order chi connectivity index (χ0) is 23.7. The fourth-order valence-corrected chi connectivity index (χ4v) is 5.17. The SMILES string of the molecule is C1=CC2=C(C1)C1(c3ccccc32)c2ccccc2-c2ccccc21.CC.CC.CC.CC. The van der Waals surface area contributed by atoms with E-state index < -0.39 is 0 Å². The Morgan fingerprint density at radius 3 is 1.34 bits per heavy atom. The minimum Gasteiger partial charge on any atom is -0.0798 e. The molecule has 3 aromatic carbocycles. The van der Waals surface area contributed by atoms with Gasteiger partial charge in [-0.05, 0) is 50.9 Å². The maximum atomic E-state index is 2.33. The van der Waals surface area contributed by atoms with Crippen molar-refractivity contribution < 1.29 is 0 Å². The smallest absolute Gasteiger partial charge is 0.0691 e. The standard InChI is InChI=1S/C24H16.4C2H6/c1-4-12-20-16(8-1)17-9-2-5-13-21(17)24(20)22-14-6-3-10-18(22)19-11-7-15-23(19)24;4*1-2/h1-14H,15H2;4*1-2H3. The Morgan fingerprint density at radius 1 is 0.500 bits per heavy atom. The summed E-state index contributed by atoms with van der Waals surface area (Å²) in [7, 11) is 0. The van der Waals surface area contributed by atoms with Crippen LogP contribution in [0.2, 0.25) is 0 Å². The van der Waals surface area contributed by atoms with Crippen LogP contribution in [0.4, 0.5) is 0 Å². The summed E-state index contributed by atoms with van der Waals surface area (Å²) in [6.45, 7) is 16.0. The van der Waals surface area contributed by atoms with E-state index in [0.29, 0.717) is 0 Å². The highest BCUT2D eigenvalue weighted by molar-refractivity contribution is 5.97. The van der Waals surface area contributed by atoms with E-state index in [1.165, 1.54) is 39.0 Å². The molecule has 168 valence electrons. The molecule has 1 spiro atoms. The van der Waals surface area contributed by atoms with Crippen molar-refractivity contribution in [3.05, 3.63) is 113 Å². The molecule has 0 heteroatoms. The summed E-state index contributed by atoms with van der Waals surface area (Å²) >= 11 is 0. The molecule has 0 aliphatic heterocycles. The van der Waals surface area contributed by atoms with Crippen LogP contribution < -0.4 is 0 Å². The van der Waals surface area contributed by atoms with Crippen molar-refractivity contribution in [3.63, 3.8) is 0 Å². The Bertz CT molecular complexity index is 1030. The van der Waals surface area contributed by atoms with Crippen molar-refractivity contribution in [1.29, 1.82) is 0 Å². The van der Waals surface area contributed by atoms with Crippen molar-refractivity contribution in [3.8, 4) is 11.1 Å². The molecule has 0 atom stereocenters. The lowest BCUT2D eigenvalue weighted by Gasteiger charge is -2.32. The van der Waals surface area contributed by atoms with Crippen molar-refractivity contribution >= 4 is 5.57 Å². The van der Waals surface area contributed by atoms with E-state index in [0.717, 1.165) is 6.42 Å². The van der Waals surface area contributed by atoms with Gasteiger partial charge < -0.3 is 0 Å². The summed E-state index contributed by atoms with van der Waals surface area (Å²) < 4.78 is 0. The van der Waals surface area contributed by atoms with Crippen molar-refractivity contribution in [2.75, 3.05) is 0 Å². The number of fused-ring (bicyclic) bond motifs is 9. The number of benzene rings is 3. The molecular weight excluding hydrogens is 384 g/mol. The highest BCUT2D eigenvalue weighted by Crippen LogP contribution is 2.63. The molecular formula is C32H40. The first kappa shape index (κ1) is 25.4. The van der Waals surface area contributed by atoms with Crippen LogP contribution in [0.15, 0.2) is 90.5 Å². The molecule has 0 unspecified atom stereocenters. The number of allylic oxidation sites excluding steroid dienone is 4. The molecule has 0 nitrogen and oxygen atoms in total. The van der Waals surface area contributed by atoms with Crippen LogP contribution in [0.3, 0.4) is 0 Å². The van der Waals surface area contributed by atoms with Gasteiger partial charge in [0.05, 0.1) is 5.41 Å². The van der Waals surface area contributed by atoms with Crippen LogP contribution in [-0.2, 0) is 5.41 Å². The number of hydrogen-bond acceptors (Lipinski definition) is 0. The highest BCUT2D eigenvalue weighted by atomic mass is 14.5. The molecule has 3 aromatic rings. The van der Waals surface area contributed by atoms with Crippen molar-refractivity contribution in [1.82, 2.24) is 0 Å². The second-order valence-electron chi connectivity index (χ2n) is 6.89. The van der Waals surface area contributed by atoms with Gasteiger partial charge >= 0.3 is 0 Å². The molecule has 0 saturated carbocycles. The lowest BCUT2D eigenvalue weighted by atomic mass is 9.69. The second-order valence-corrected chi connectivity index (χ2v) is 6.89. The van der Waals surface area contributed by atoms with E-state index >= 15 is 0 Å². The second kappa shape index (κ2) is 11.7. The fourth-order valence-electron chi connectivity index (χ4n) is 5.17. The van der Waals surface area contributed by atoms with Gasteiger partial charge in [-0.15, -0.1) is 0 Å². The van der Waals surface area contributed by atoms with Crippen LogP contribution >= 0.6 is 0 Å². The lowest BCUT2D eigenvalue weighted by Crippen LogP contribution is -2.27. The molecule has 0 N–H and O–H groups in total. The lowest BCUT2D eigenvalue weighted by molar-refractivity contribution is 0.749. The molecule has 0 saturated heterocycles. The zero-order valence-corrected chi connectivity index (χ0v) is 21.3. The summed E-state index contributed by atoms with van der Waals surface area (Å²) in [6.07, 6.45) is 5.70. The first-order valence-corrected chi connectivity index (χ1v) is 12.6. The third-order valence-corrected chi connectivity index (χ3v) is 5.96. The molecule has 3 aliphatic carbocycles. The highest BCUT2D eigenvalue weighted by Gasteiger charge is 2.52. The van der Waals surface area contributed by atoms with E-state index in [4.69, 9.17) is 0 Å². The van der Waals surface area contributed by atoms with Gasteiger partial charge in [0.2, 0.25) is 0 Å². The molecule has 0 aromatic heterocycles. The third kappa shape index (κ3) is 3.56. The molecule has 6 rings (SSSR count). The first-order chi connectivity index (χ1) is 15.9. The third-order valence-electron chi connectivity index (χ3n) is 5.96. The van der Waals surface area contributed by atoms with Crippen LogP contribution in [0.1, 0.15) is 84.1 Å². The molecule has 3 aliphatic rings. The normalized spacial score (nSPS) is 14.1. The van der Waals surface area contributed by atoms with E-state index in [-0.39, 0.29) is 5.41 Å². The van der Waals surface area contributed by atoms with E-state index in [1.807, 2.05) is 55.4 Å². The fraction of sp³-hybridized carbons (Fsp3) is 0.312. The minimum absolute atomic E-state index is 0.0946. The number of rotatable bonds is 0. The van der Waals surface area contributed by atoms with E-state index in [1.54, 1.807) is 5.57 Å². The molecule has 0 fully saturated rings. The van der Waals surface area contributed by atoms with Crippen LogP contribution in [-0.4, -0.2) is 0 Å². The quantitative estimate of drug-likeness (QED) is 0.337. The maximum Gasteiger partial charge on any atom is 0.0691 e. The Hall–Kier alpha value is -2.86. The van der Waals surface area contributed by atoms with Gasteiger partial charge in [0, 0.05) is 0 Å². The summed E-state index contributed by atoms with van der Waals surface area (Å²) in [4.78, 5) is 0. The van der Waals surface area contributed by atoms with Gasteiger partial charge in [-0.3, -0.25) is 0 Å². The van der Waals surface area contributed by atoms with Crippen molar-refractivity contribution in [2.45, 2.75) is 67.2 Å². The molecule has 0 heterocycles. The maximum absolute atomic E-state index is 2.33. The topological polar surface area (TPSA) is 0 Å². The average Bonchev–Trinajstić information content (AvgIpc) is 3.58. The predicted octanol–water partition coefficient (Wildman–Crippen LogP) is 9.83. The van der Waals surface area contributed by atoms with Crippen LogP contribution in [0.25, 0.3) is 16.7 Å².